The van der Waals surface area contributed by atoms with Crippen molar-refractivity contribution in [1.82, 2.24) is 14.7 Å². The fourth-order valence-electron chi connectivity index (χ4n) is 1.68. The number of rotatable bonds is 3. The number of hydrogen-bond donors (Lipinski definition) is 1. The topological polar surface area (TPSA) is 75.4 Å². The van der Waals surface area contributed by atoms with E-state index in [2.05, 4.69) is 5.10 Å². The highest BCUT2D eigenvalue weighted by Crippen LogP contribution is 2.32. The van der Waals surface area contributed by atoms with Gasteiger partial charge in [0.2, 0.25) is 0 Å². The molecule has 1 saturated heterocycles. The summed E-state index contributed by atoms with van der Waals surface area (Å²) >= 11 is 6.26. The Morgan fingerprint density at radius 3 is 2.84 bits per heavy atom. The minimum atomic E-state index is -1.08. The van der Waals surface area contributed by atoms with Gasteiger partial charge in [0.1, 0.15) is 9.88 Å². The fraction of sp³-hybridized carbons (Fsp3) is 0.273. The third-order valence-corrected chi connectivity index (χ3v) is 4.05. The summed E-state index contributed by atoms with van der Waals surface area (Å²) in [5, 5.41) is 12.9. The van der Waals surface area contributed by atoms with E-state index in [1.807, 2.05) is 6.92 Å². The Morgan fingerprint density at radius 2 is 2.32 bits per heavy atom. The van der Waals surface area contributed by atoms with Gasteiger partial charge >= 0.3 is 5.97 Å². The van der Waals surface area contributed by atoms with Crippen molar-refractivity contribution in [2.24, 2.45) is 7.05 Å². The number of hydrogen-bond acceptors (Lipinski definition) is 5. The van der Waals surface area contributed by atoms with Crippen LogP contribution in [0.1, 0.15) is 23.0 Å². The number of carbonyl (C=O) groups is 2. The van der Waals surface area contributed by atoms with Crippen LogP contribution in [0.3, 0.4) is 0 Å². The minimum absolute atomic E-state index is 0.0595. The molecule has 0 saturated carbocycles. The summed E-state index contributed by atoms with van der Waals surface area (Å²) in [7, 11) is 1.62. The van der Waals surface area contributed by atoms with Gasteiger partial charge in [-0.15, -0.1) is 0 Å². The summed E-state index contributed by atoms with van der Waals surface area (Å²) in [4.78, 5) is 25.0. The zero-order chi connectivity index (χ0) is 14.2. The first-order valence-electron chi connectivity index (χ1n) is 5.46. The van der Waals surface area contributed by atoms with Crippen LogP contribution in [0.25, 0.3) is 6.08 Å². The molecule has 1 N–H and O–H groups in total. The van der Waals surface area contributed by atoms with Gasteiger partial charge in [-0.1, -0.05) is 24.0 Å². The van der Waals surface area contributed by atoms with Crippen LogP contribution in [0, 0.1) is 0 Å². The van der Waals surface area contributed by atoms with E-state index in [0.717, 1.165) is 0 Å². The summed E-state index contributed by atoms with van der Waals surface area (Å²) in [6, 6.07) is 0. The van der Waals surface area contributed by atoms with Crippen molar-refractivity contribution in [3.05, 3.63) is 22.4 Å². The molecule has 2 heterocycles. The lowest BCUT2D eigenvalue weighted by Gasteiger charge is -2.09. The van der Waals surface area contributed by atoms with Crippen molar-refractivity contribution in [1.29, 1.82) is 0 Å². The van der Waals surface area contributed by atoms with Crippen LogP contribution in [-0.4, -0.2) is 42.5 Å². The van der Waals surface area contributed by atoms with Crippen molar-refractivity contribution in [3.8, 4) is 0 Å². The minimum Gasteiger partial charge on any atom is -0.478 e. The monoisotopic (exact) mass is 297 g/mol. The number of thiocarbonyl (C=S) groups is 1. The zero-order valence-electron chi connectivity index (χ0n) is 10.3. The van der Waals surface area contributed by atoms with Crippen LogP contribution in [0.15, 0.2) is 11.1 Å². The number of carbonyl (C=O) groups excluding carboxylic acids is 1. The molecule has 0 atom stereocenters. The number of aryl methyl sites for hydroxylation is 1. The Morgan fingerprint density at radius 1 is 1.63 bits per heavy atom. The van der Waals surface area contributed by atoms with Crippen LogP contribution < -0.4 is 0 Å². The first kappa shape index (κ1) is 13.8. The Labute approximate surface area is 119 Å². The number of nitrogens with zero attached hydrogens (tertiary/aromatic N) is 3. The van der Waals surface area contributed by atoms with E-state index in [4.69, 9.17) is 17.3 Å². The maximum atomic E-state index is 12.0. The molecule has 1 aliphatic heterocycles. The first-order chi connectivity index (χ1) is 8.95. The van der Waals surface area contributed by atoms with Gasteiger partial charge in [-0.2, -0.15) is 5.10 Å². The molecule has 19 heavy (non-hydrogen) atoms. The lowest BCUT2D eigenvalue weighted by Crippen LogP contribution is -2.27. The second kappa shape index (κ2) is 5.14. The molecular weight excluding hydrogens is 286 g/mol. The summed E-state index contributed by atoms with van der Waals surface area (Å²) in [6.07, 6.45) is 2.78. The number of carboxylic acid groups (broad SMARTS) is 1. The Hall–Kier alpha value is -1.67. The molecule has 0 unspecified atom stereocenters. The maximum absolute atomic E-state index is 12.0. The molecule has 1 aromatic rings. The van der Waals surface area contributed by atoms with Crippen molar-refractivity contribution in [3.63, 3.8) is 0 Å². The quantitative estimate of drug-likeness (QED) is 0.670. The largest absolute Gasteiger partial charge is 0.478 e. The van der Waals surface area contributed by atoms with Crippen molar-refractivity contribution in [2.45, 2.75) is 6.92 Å². The van der Waals surface area contributed by atoms with Gasteiger partial charge in [-0.3, -0.25) is 14.4 Å². The Kier molecular flexibility index (Phi) is 3.72. The number of carboxylic acids is 1. The van der Waals surface area contributed by atoms with Crippen molar-refractivity contribution >= 4 is 46.3 Å². The predicted octanol–water partition coefficient (Wildman–Crippen LogP) is 1.34. The summed E-state index contributed by atoms with van der Waals surface area (Å²) < 4.78 is 1.90. The van der Waals surface area contributed by atoms with Crippen LogP contribution >= 0.6 is 24.0 Å². The average molecular weight is 297 g/mol. The number of likely N-dealkylation sites (N-methyl/N-ethyl adjacent to an activating group) is 1. The van der Waals surface area contributed by atoms with Gasteiger partial charge < -0.3 is 5.11 Å². The molecule has 8 heteroatoms. The average Bonchev–Trinajstić information content (AvgIpc) is 2.82. The van der Waals surface area contributed by atoms with Gasteiger partial charge in [-0.25, -0.2) is 4.79 Å². The standard InChI is InChI=1S/C11H11N3O3S2/c1-3-14-9(15)8(19-11(14)18)4-7-6(10(16)17)5-12-13(7)2/h4-5H,3H2,1-2H3,(H,16,17)/b8-4-. The van der Waals surface area contributed by atoms with Gasteiger partial charge in [0.15, 0.2) is 0 Å². The fourth-order valence-corrected chi connectivity index (χ4v) is 3.04. The SMILES string of the molecule is CCN1C(=O)/C(=C/c2c(C(=O)O)cnn2C)SC1=S. The first-order valence-corrected chi connectivity index (χ1v) is 6.68. The molecule has 0 aliphatic carbocycles. The van der Waals surface area contributed by atoms with Crippen LogP contribution in [0.5, 0.6) is 0 Å². The molecule has 2 rings (SSSR count). The molecule has 100 valence electrons. The van der Waals surface area contributed by atoms with E-state index in [1.54, 1.807) is 7.05 Å². The Bertz CT molecular complexity index is 606. The number of aromatic nitrogens is 2. The van der Waals surface area contributed by atoms with E-state index in [0.29, 0.717) is 21.5 Å². The molecule has 1 fully saturated rings. The second-order valence-corrected chi connectivity index (χ2v) is 5.47. The molecule has 1 amide bonds. The third-order valence-electron chi connectivity index (χ3n) is 2.67. The molecule has 0 spiro atoms. The van der Waals surface area contributed by atoms with Crippen molar-refractivity contribution in [2.75, 3.05) is 6.54 Å². The highest BCUT2D eigenvalue weighted by Gasteiger charge is 2.31. The predicted molar refractivity (Wildman–Crippen MR) is 75.7 cm³/mol. The van der Waals surface area contributed by atoms with Gasteiger partial charge in [0, 0.05) is 13.6 Å². The smallest absolute Gasteiger partial charge is 0.339 e. The van der Waals surface area contributed by atoms with Gasteiger partial charge in [0.25, 0.3) is 5.91 Å². The summed E-state index contributed by atoms with van der Waals surface area (Å²) in [6.45, 7) is 2.33. The summed E-state index contributed by atoms with van der Waals surface area (Å²) in [5.74, 6) is -1.28. The number of aromatic carboxylic acids is 1. The van der Waals surface area contributed by atoms with Crippen LogP contribution in [-0.2, 0) is 11.8 Å². The lowest BCUT2D eigenvalue weighted by atomic mass is 10.2. The van der Waals surface area contributed by atoms with Gasteiger partial charge in [0.05, 0.1) is 16.8 Å². The van der Waals surface area contributed by atoms with Gasteiger partial charge in [-0.05, 0) is 13.0 Å². The maximum Gasteiger partial charge on any atom is 0.339 e. The van der Waals surface area contributed by atoms with E-state index >= 15 is 0 Å². The van der Waals surface area contributed by atoms with Crippen LogP contribution in [0.4, 0.5) is 0 Å². The van der Waals surface area contributed by atoms with Crippen molar-refractivity contribution < 1.29 is 14.7 Å². The Balaban J connectivity index is 2.43. The third kappa shape index (κ3) is 2.41. The van der Waals surface area contributed by atoms with E-state index in [1.165, 1.54) is 33.6 Å². The molecule has 0 aromatic carbocycles. The molecule has 1 aliphatic rings. The zero-order valence-corrected chi connectivity index (χ0v) is 11.9. The number of thioether (sulfide) groups is 1. The van der Waals surface area contributed by atoms with E-state index in [-0.39, 0.29) is 11.5 Å². The van der Waals surface area contributed by atoms with E-state index < -0.39 is 5.97 Å². The molecule has 6 nitrogen and oxygen atoms in total. The molecular formula is C11H11N3O3S2. The van der Waals surface area contributed by atoms with Crippen LogP contribution in [0.2, 0.25) is 0 Å². The highest BCUT2D eigenvalue weighted by atomic mass is 32.2. The lowest BCUT2D eigenvalue weighted by molar-refractivity contribution is -0.121. The number of amides is 1. The highest BCUT2D eigenvalue weighted by molar-refractivity contribution is 8.26. The normalized spacial score (nSPS) is 17.6. The second-order valence-electron chi connectivity index (χ2n) is 3.80. The molecule has 1 aromatic heterocycles. The van der Waals surface area contributed by atoms with E-state index in [9.17, 15) is 9.59 Å². The molecule has 0 bridgehead atoms. The summed E-state index contributed by atoms with van der Waals surface area (Å²) in [5.41, 5.74) is 0.438. The molecule has 0 radical (unpaired) electrons.